The Morgan fingerprint density at radius 1 is 1.26 bits per heavy atom. The van der Waals surface area contributed by atoms with E-state index in [9.17, 15) is 4.79 Å². The van der Waals surface area contributed by atoms with Crippen LogP contribution in [0.15, 0.2) is 66.1 Å². The third-order valence-electron chi connectivity index (χ3n) is 4.81. The van der Waals surface area contributed by atoms with Crippen LogP contribution in [0.5, 0.6) is 5.75 Å². The summed E-state index contributed by atoms with van der Waals surface area (Å²) >= 11 is 3.24. The first-order valence-electron chi connectivity index (χ1n) is 10.1. The van der Waals surface area contributed by atoms with Crippen LogP contribution < -0.4 is 9.64 Å². The van der Waals surface area contributed by atoms with Crippen LogP contribution in [0.25, 0.3) is 10.2 Å². The molecule has 0 aliphatic rings. The predicted octanol–water partition coefficient (Wildman–Crippen LogP) is 5.35. The van der Waals surface area contributed by atoms with Crippen molar-refractivity contribution in [3.63, 3.8) is 0 Å². The van der Waals surface area contributed by atoms with Gasteiger partial charge < -0.3 is 9.30 Å². The van der Waals surface area contributed by atoms with Crippen LogP contribution in [-0.2, 0) is 6.54 Å². The van der Waals surface area contributed by atoms with Crippen molar-refractivity contribution < 1.29 is 9.53 Å². The topological polar surface area (TPSA) is 60.2 Å². The molecule has 8 heteroatoms. The van der Waals surface area contributed by atoms with Gasteiger partial charge in [-0.25, -0.2) is 9.97 Å². The molecule has 0 aliphatic carbocycles. The van der Waals surface area contributed by atoms with E-state index >= 15 is 0 Å². The molecule has 0 N–H and O–H groups in total. The molecular weight excluding hydrogens is 428 g/mol. The van der Waals surface area contributed by atoms with Gasteiger partial charge in [-0.1, -0.05) is 24.3 Å². The van der Waals surface area contributed by atoms with Crippen LogP contribution in [0.3, 0.4) is 0 Å². The summed E-state index contributed by atoms with van der Waals surface area (Å²) in [6.45, 7) is 3.46. The average molecular weight is 453 g/mol. The molecule has 0 bridgehead atoms. The van der Waals surface area contributed by atoms with E-state index in [1.807, 2.05) is 53.2 Å². The molecular formula is C23H24N4O2S2. The number of thioether (sulfide) groups is 1. The maximum atomic E-state index is 13.5. The minimum Gasteiger partial charge on any atom is -0.497 e. The first-order valence-corrected chi connectivity index (χ1v) is 11.9. The molecule has 0 fully saturated rings. The van der Waals surface area contributed by atoms with Crippen LogP contribution in [0.2, 0.25) is 0 Å². The van der Waals surface area contributed by atoms with E-state index in [4.69, 9.17) is 9.72 Å². The van der Waals surface area contributed by atoms with Crippen molar-refractivity contribution in [1.82, 2.24) is 14.5 Å². The number of ether oxygens (including phenoxy) is 1. The van der Waals surface area contributed by atoms with Gasteiger partial charge in [0.15, 0.2) is 5.13 Å². The maximum Gasteiger partial charge on any atom is 0.260 e. The number of carbonyl (C=O) groups excluding carboxylic acids is 1. The lowest BCUT2D eigenvalue weighted by Gasteiger charge is -2.20. The van der Waals surface area contributed by atoms with Crippen LogP contribution >= 0.6 is 23.1 Å². The number of rotatable bonds is 9. The van der Waals surface area contributed by atoms with Crippen molar-refractivity contribution in [2.45, 2.75) is 24.8 Å². The predicted molar refractivity (Wildman–Crippen MR) is 128 cm³/mol. The van der Waals surface area contributed by atoms with Crippen molar-refractivity contribution in [2.75, 3.05) is 24.3 Å². The Kier molecular flexibility index (Phi) is 6.89. The lowest BCUT2D eigenvalue weighted by atomic mass is 10.2. The molecule has 0 saturated carbocycles. The minimum absolute atomic E-state index is 0.0322. The standard InChI is InChI=1S/C23H24N4O2S2/c1-3-30-19-7-4-6-17(14-19)22(28)27(12-5-11-26-13-10-24-16-26)23-25-20-9-8-18(29-2)15-21(20)31-23/h4,6-10,13-16H,3,5,11-12H2,1-2H3. The van der Waals surface area contributed by atoms with E-state index in [1.54, 1.807) is 36.3 Å². The summed E-state index contributed by atoms with van der Waals surface area (Å²) in [6, 6.07) is 13.6. The Labute approximate surface area is 189 Å². The highest BCUT2D eigenvalue weighted by atomic mass is 32.2. The number of aromatic nitrogens is 3. The molecule has 0 unspecified atom stereocenters. The molecule has 0 saturated heterocycles. The second-order valence-corrected chi connectivity index (χ2v) is 9.25. The van der Waals surface area contributed by atoms with E-state index in [2.05, 4.69) is 11.9 Å². The minimum atomic E-state index is -0.0322. The van der Waals surface area contributed by atoms with Gasteiger partial charge in [-0.15, -0.1) is 11.8 Å². The number of anilines is 1. The van der Waals surface area contributed by atoms with Crippen molar-refractivity contribution in [2.24, 2.45) is 0 Å². The number of benzene rings is 2. The van der Waals surface area contributed by atoms with Gasteiger partial charge in [-0.05, 0) is 48.6 Å². The summed E-state index contributed by atoms with van der Waals surface area (Å²) in [4.78, 5) is 25.3. The molecule has 0 atom stereocenters. The number of aryl methyl sites for hydroxylation is 1. The fourth-order valence-corrected chi connectivity index (χ4v) is 5.03. The molecule has 2 heterocycles. The molecule has 2 aromatic heterocycles. The van der Waals surface area contributed by atoms with Crippen LogP contribution in [0.1, 0.15) is 23.7 Å². The van der Waals surface area contributed by atoms with E-state index in [1.165, 1.54) is 11.3 Å². The highest BCUT2D eigenvalue weighted by Crippen LogP contribution is 2.32. The van der Waals surface area contributed by atoms with Gasteiger partial charge in [0.05, 0.1) is 23.7 Å². The monoisotopic (exact) mass is 452 g/mol. The number of amides is 1. The normalized spacial score (nSPS) is 11.0. The highest BCUT2D eigenvalue weighted by molar-refractivity contribution is 7.99. The third-order valence-corrected chi connectivity index (χ3v) is 6.73. The number of carbonyl (C=O) groups is 1. The lowest BCUT2D eigenvalue weighted by molar-refractivity contribution is 0.0986. The van der Waals surface area contributed by atoms with Crippen LogP contribution in [0.4, 0.5) is 5.13 Å². The summed E-state index contributed by atoms with van der Waals surface area (Å²) in [6.07, 6.45) is 6.29. The number of thiazole rings is 1. The second-order valence-electron chi connectivity index (χ2n) is 6.90. The van der Waals surface area contributed by atoms with E-state index in [0.29, 0.717) is 17.2 Å². The molecule has 160 valence electrons. The summed E-state index contributed by atoms with van der Waals surface area (Å²) < 4.78 is 8.35. The zero-order valence-corrected chi connectivity index (χ0v) is 19.2. The van der Waals surface area contributed by atoms with Crippen LogP contribution in [-0.4, -0.2) is 39.8 Å². The molecule has 4 aromatic rings. The smallest absolute Gasteiger partial charge is 0.260 e. The Bertz CT molecular complexity index is 1160. The Morgan fingerprint density at radius 2 is 2.16 bits per heavy atom. The van der Waals surface area contributed by atoms with Gasteiger partial charge in [0, 0.05) is 35.9 Å². The number of hydrogen-bond acceptors (Lipinski definition) is 6. The summed E-state index contributed by atoms with van der Waals surface area (Å²) in [5.41, 5.74) is 1.54. The van der Waals surface area contributed by atoms with Gasteiger partial charge in [0.25, 0.3) is 5.91 Å². The third kappa shape index (κ3) is 5.08. The first kappa shape index (κ1) is 21.4. The first-order chi connectivity index (χ1) is 15.2. The fraction of sp³-hybridized carbons (Fsp3) is 0.261. The number of hydrogen-bond donors (Lipinski definition) is 0. The zero-order chi connectivity index (χ0) is 21.6. The lowest BCUT2D eigenvalue weighted by Crippen LogP contribution is -2.32. The molecule has 1 amide bonds. The van der Waals surface area contributed by atoms with Crippen molar-refractivity contribution >= 4 is 44.4 Å². The number of nitrogens with zero attached hydrogens (tertiary/aromatic N) is 4. The average Bonchev–Trinajstić information content (AvgIpc) is 3.46. The SMILES string of the molecule is CCSc1cccc(C(=O)N(CCCn2ccnc2)c2nc3ccc(OC)cc3s2)c1. The zero-order valence-electron chi connectivity index (χ0n) is 17.5. The fourth-order valence-electron chi connectivity index (χ4n) is 3.29. The van der Waals surface area contributed by atoms with E-state index in [-0.39, 0.29) is 5.91 Å². The van der Waals surface area contributed by atoms with Gasteiger partial charge in [0.1, 0.15) is 5.75 Å². The molecule has 4 rings (SSSR count). The number of methoxy groups -OCH3 is 1. The molecule has 0 aliphatic heterocycles. The van der Waals surface area contributed by atoms with Crippen LogP contribution in [0, 0.1) is 0 Å². The molecule has 2 aromatic carbocycles. The maximum absolute atomic E-state index is 13.5. The van der Waals surface area contributed by atoms with E-state index < -0.39 is 0 Å². The Morgan fingerprint density at radius 3 is 2.94 bits per heavy atom. The molecule has 0 radical (unpaired) electrons. The van der Waals surface area contributed by atoms with Gasteiger partial charge in [-0.2, -0.15) is 0 Å². The van der Waals surface area contributed by atoms with Crippen molar-refractivity contribution in [3.05, 3.63) is 66.7 Å². The van der Waals surface area contributed by atoms with Gasteiger partial charge >= 0.3 is 0 Å². The quantitative estimate of drug-likeness (QED) is 0.320. The Hall–Kier alpha value is -2.84. The van der Waals surface area contributed by atoms with Gasteiger partial charge in [-0.3, -0.25) is 9.69 Å². The largest absolute Gasteiger partial charge is 0.497 e. The second kappa shape index (κ2) is 9.98. The number of imidazole rings is 1. The highest BCUT2D eigenvalue weighted by Gasteiger charge is 2.21. The molecule has 31 heavy (non-hydrogen) atoms. The van der Waals surface area contributed by atoms with Crippen molar-refractivity contribution in [1.29, 1.82) is 0 Å². The molecule has 6 nitrogen and oxygen atoms in total. The summed E-state index contributed by atoms with van der Waals surface area (Å²) in [7, 11) is 1.65. The molecule has 0 spiro atoms. The van der Waals surface area contributed by atoms with Gasteiger partial charge in [0.2, 0.25) is 0 Å². The number of fused-ring (bicyclic) bond motifs is 1. The summed E-state index contributed by atoms with van der Waals surface area (Å²) in [5, 5.41) is 0.701. The Balaban J connectivity index is 1.63. The summed E-state index contributed by atoms with van der Waals surface area (Å²) in [5.74, 6) is 1.71. The van der Waals surface area contributed by atoms with Crippen molar-refractivity contribution in [3.8, 4) is 5.75 Å². The van der Waals surface area contributed by atoms with E-state index in [0.717, 1.165) is 39.6 Å².